The molecular weight excluding hydrogens is 506 g/mol. The first kappa shape index (κ1) is 23.6. The Bertz CT molecular complexity index is 1120. The highest BCUT2D eigenvalue weighted by atomic mass is 79.9. The maximum Gasteiger partial charge on any atom is 0.245 e. The molecule has 1 amide bonds. The van der Waals surface area contributed by atoms with Gasteiger partial charge in [-0.3, -0.25) is 9.10 Å². The molecule has 0 atom stereocenters. The Kier molecular flexibility index (Phi) is 7.33. The van der Waals surface area contributed by atoms with Gasteiger partial charge in [-0.2, -0.15) is 0 Å². The average molecular weight is 525 g/mol. The number of carbonyl (C=O) groups is 1. The van der Waals surface area contributed by atoms with E-state index in [0.29, 0.717) is 15.2 Å². The van der Waals surface area contributed by atoms with Crippen LogP contribution in [-0.2, 0) is 24.8 Å². The number of hydrogen-bond acceptors (Lipinski definition) is 5. The van der Waals surface area contributed by atoms with Crippen molar-refractivity contribution in [1.29, 1.82) is 0 Å². The first-order chi connectivity index (χ1) is 13.3. The molecule has 2 aromatic rings. The van der Waals surface area contributed by atoms with Crippen molar-refractivity contribution in [1.82, 2.24) is 4.31 Å². The number of rotatable bonds is 7. The van der Waals surface area contributed by atoms with Gasteiger partial charge in [0.2, 0.25) is 26.0 Å². The van der Waals surface area contributed by atoms with Gasteiger partial charge in [0.05, 0.1) is 21.9 Å². The molecule has 2 aromatic carbocycles. The van der Waals surface area contributed by atoms with Gasteiger partial charge in [-0.05, 0) is 58.4 Å². The molecule has 0 aliphatic carbocycles. The van der Waals surface area contributed by atoms with E-state index in [-0.39, 0.29) is 10.6 Å². The van der Waals surface area contributed by atoms with E-state index < -0.39 is 32.5 Å². The second-order valence-corrected chi connectivity index (χ2v) is 11.5. The van der Waals surface area contributed by atoms with Crippen LogP contribution in [0.5, 0.6) is 0 Å². The van der Waals surface area contributed by atoms with Gasteiger partial charge < -0.3 is 5.32 Å². The third-order valence-electron chi connectivity index (χ3n) is 3.79. The molecule has 0 aliphatic rings. The van der Waals surface area contributed by atoms with Crippen molar-refractivity contribution in [2.24, 2.45) is 0 Å². The smallest absolute Gasteiger partial charge is 0.245 e. The van der Waals surface area contributed by atoms with Crippen LogP contribution in [0.4, 0.5) is 11.4 Å². The monoisotopic (exact) mass is 523 g/mol. The Morgan fingerprint density at radius 1 is 1.07 bits per heavy atom. The van der Waals surface area contributed by atoms with Crippen molar-refractivity contribution in [3.8, 4) is 0 Å². The topological polar surface area (TPSA) is 104 Å². The molecule has 2 rings (SSSR count). The van der Waals surface area contributed by atoms with E-state index in [1.165, 1.54) is 44.4 Å². The van der Waals surface area contributed by atoms with E-state index in [1.54, 1.807) is 12.1 Å². The minimum absolute atomic E-state index is 0.00802. The molecule has 12 heteroatoms. The number of carbonyl (C=O) groups excluding carboxylic acids is 1. The number of halogens is 2. The molecule has 0 unspecified atom stereocenters. The van der Waals surface area contributed by atoms with Crippen LogP contribution in [0.25, 0.3) is 0 Å². The zero-order chi connectivity index (χ0) is 22.0. The molecule has 0 spiro atoms. The van der Waals surface area contributed by atoms with Gasteiger partial charge in [0.25, 0.3) is 0 Å². The van der Waals surface area contributed by atoms with Gasteiger partial charge in [-0.15, -0.1) is 0 Å². The standard InChI is InChI=1S/C17H19BrClN3O5S2/c1-21(2)29(26,27)14-7-5-13(6-8-14)22(28(3,24)25)11-17(23)20-12-4-9-15(18)16(19)10-12/h4-10H,11H2,1-3H3,(H,20,23). The fourth-order valence-corrected chi connectivity index (χ4v) is 4.49. The van der Waals surface area contributed by atoms with Crippen molar-refractivity contribution in [2.45, 2.75) is 4.90 Å². The van der Waals surface area contributed by atoms with E-state index in [1.807, 2.05) is 0 Å². The van der Waals surface area contributed by atoms with Crippen molar-refractivity contribution in [2.75, 3.05) is 36.5 Å². The second-order valence-electron chi connectivity index (χ2n) is 6.23. The lowest BCUT2D eigenvalue weighted by atomic mass is 10.3. The van der Waals surface area contributed by atoms with Crippen LogP contribution in [-0.4, -0.2) is 53.9 Å². The number of anilines is 2. The van der Waals surface area contributed by atoms with Gasteiger partial charge in [-0.1, -0.05) is 11.6 Å². The Labute approximate surface area is 183 Å². The lowest BCUT2D eigenvalue weighted by Crippen LogP contribution is -2.37. The molecule has 0 fully saturated rings. The minimum Gasteiger partial charge on any atom is -0.324 e. The van der Waals surface area contributed by atoms with Gasteiger partial charge >= 0.3 is 0 Å². The van der Waals surface area contributed by atoms with Crippen LogP contribution in [0, 0.1) is 0 Å². The molecule has 0 saturated heterocycles. The van der Waals surface area contributed by atoms with E-state index in [9.17, 15) is 21.6 Å². The number of hydrogen-bond donors (Lipinski definition) is 1. The Balaban J connectivity index is 2.26. The highest BCUT2D eigenvalue weighted by molar-refractivity contribution is 9.10. The van der Waals surface area contributed by atoms with Crippen LogP contribution >= 0.6 is 27.5 Å². The molecule has 8 nitrogen and oxygen atoms in total. The highest BCUT2D eigenvalue weighted by Gasteiger charge is 2.23. The molecule has 158 valence electrons. The van der Waals surface area contributed by atoms with Crippen LogP contribution in [0.15, 0.2) is 51.8 Å². The first-order valence-electron chi connectivity index (χ1n) is 8.07. The highest BCUT2D eigenvalue weighted by Crippen LogP contribution is 2.26. The van der Waals surface area contributed by atoms with E-state index in [0.717, 1.165) is 14.9 Å². The van der Waals surface area contributed by atoms with E-state index in [2.05, 4.69) is 21.2 Å². The molecule has 0 heterocycles. The van der Waals surface area contributed by atoms with Crippen LogP contribution < -0.4 is 9.62 Å². The van der Waals surface area contributed by atoms with Gasteiger partial charge in [0.1, 0.15) is 6.54 Å². The number of sulfonamides is 2. The molecule has 0 saturated carbocycles. The van der Waals surface area contributed by atoms with E-state index >= 15 is 0 Å². The number of nitrogens with one attached hydrogen (secondary N) is 1. The zero-order valence-corrected chi connectivity index (χ0v) is 19.7. The molecule has 0 aromatic heterocycles. The number of benzene rings is 2. The molecule has 29 heavy (non-hydrogen) atoms. The van der Waals surface area contributed by atoms with Crippen molar-refractivity contribution in [3.63, 3.8) is 0 Å². The maximum atomic E-state index is 12.4. The Hall–Kier alpha value is -1.66. The lowest BCUT2D eigenvalue weighted by Gasteiger charge is -2.22. The molecule has 0 bridgehead atoms. The summed E-state index contributed by atoms with van der Waals surface area (Å²) in [5.41, 5.74) is 0.568. The Morgan fingerprint density at radius 3 is 2.14 bits per heavy atom. The fraction of sp³-hybridized carbons (Fsp3) is 0.235. The predicted octanol–water partition coefficient (Wildman–Crippen LogP) is 2.76. The third-order valence-corrected chi connectivity index (χ3v) is 8.00. The molecule has 0 radical (unpaired) electrons. The van der Waals surface area contributed by atoms with Crippen molar-refractivity contribution < 1.29 is 21.6 Å². The minimum atomic E-state index is -3.81. The van der Waals surface area contributed by atoms with Gasteiger partial charge in [-0.25, -0.2) is 21.1 Å². The quantitative estimate of drug-likeness (QED) is 0.600. The molecule has 1 N–H and O–H groups in total. The summed E-state index contributed by atoms with van der Waals surface area (Å²) >= 11 is 9.23. The fourth-order valence-electron chi connectivity index (χ4n) is 2.30. The van der Waals surface area contributed by atoms with Crippen LogP contribution in [0.3, 0.4) is 0 Å². The lowest BCUT2D eigenvalue weighted by molar-refractivity contribution is -0.114. The largest absolute Gasteiger partial charge is 0.324 e. The summed E-state index contributed by atoms with van der Waals surface area (Å²) in [6, 6.07) is 10.0. The Morgan fingerprint density at radius 2 is 1.66 bits per heavy atom. The third kappa shape index (κ3) is 5.92. The number of nitrogens with zero attached hydrogens (tertiary/aromatic N) is 2. The molecule has 0 aliphatic heterocycles. The summed E-state index contributed by atoms with van der Waals surface area (Å²) in [5.74, 6) is -0.584. The summed E-state index contributed by atoms with van der Waals surface area (Å²) in [6.07, 6.45) is 0.960. The van der Waals surface area contributed by atoms with Gasteiger partial charge in [0, 0.05) is 24.3 Å². The summed E-state index contributed by atoms with van der Waals surface area (Å²) in [5, 5.41) is 2.97. The van der Waals surface area contributed by atoms with Gasteiger partial charge in [0.15, 0.2) is 0 Å². The molecular formula is C17H19BrClN3O5S2. The van der Waals surface area contributed by atoms with E-state index in [4.69, 9.17) is 11.6 Å². The van der Waals surface area contributed by atoms with Crippen molar-refractivity contribution >= 4 is 64.9 Å². The predicted molar refractivity (Wildman–Crippen MR) is 117 cm³/mol. The maximum absolute atomic E-state index is 12.4. The SMILES string of the molecule is CN(C)S(=O)(=O)c1ccc(N(CC(=O)Nc2ccc(Br)c(Cl)c2)S(C)(=O)=O)cc1. The van der Waals surface area contributed by atoms with Crippen molar-refractivity contribution in [3.05, 3.63) is 52.0 Å². The normalized spacial score (nSPS) is 12.1. The van der Waals surface area contributed by atoms with Crippen LogP contribution in [0.1, 0.15) is 0 Å². The zero-order valence-electron chi connectivity index (χ0n) is 15.8. The summed E-state index contributed by atoms with van der Waals surface area (Å²) < 4.78 is 51.3. The summed E-state index contributed by atoms with van der Waals surface area (Å²) in [7, 11) is -4.68. The summed E-state index contributed by atoms with van der Waals surface area (Å²) in [6.45, 7) is -0.494. The first-order valence-corrected chi connectivity index (χ1v) is 12.5. The second kappa shape index (κ2) is 9.00. The van der Waals surface area contributed by atoms with Crippen LogP contribution in [0.2, 0.25) is 5.02 Å². The number of amides is 1. The summed E-state index contributed by atoms with van der Waals surface area (Å²) in [4.78, 5) is 12.4. The average Bonchev–Trinajstić information content (AvgIpc) is 2.62.